The molecule has 0 saturated carbocycles. The molecule has 0 unspecified atom stereocenters. The summed E-state index contributed by atoms with van der Waals surface area (Å²) in [5.74, 6) is 0.651. The van der Waals surface area contributed by atoms with Gasteiger partial charge in [-0.2, -0.15) is 0 Å². The first kappa shape index (κ1) is 15.6. The summed E-state index contributed by atoms with van der Waals surface area (Å²) in [6, 6.07) is 4.85. The Kier molecular flexibility index (Phi) is 4.65. The Bertz CT molecular complexity index is 490. The number of benzene rings is 1. The van der Waals surface area contributed by atoms with E-state index in [0.29, 0.717) is 18.0 Å². The predicted molar refractivity (Wildman–Crippen MR) is 86.0 cm³/mol. The summed E-state index contributed by atoms with van der Waals surface area (Å²) in [7, 11) is 0. The highest BCUT2D eigenvalue weighted by Gasteiger charge is 2.38. The van der Waals surface area contributed by atoms with Crippen molar-refractivity contribution >= 4 is 17.0 Å². The highest BCUT2D eigenvalue weighted by atomic mass is 79.9. The molecule has 3 rings (SSSR count). The summed E-state index contributed by atoms with van der Waals surface area (Å²) in [6.45, 7) is 5.73. The van der Waals surface area contributed by atoms with Gasteiger partial charge in [0.05, 0.1) is 0 Å². The maximum absolute atomic E-state index is 10.0. The number of phenols is 2. The van der Waals surface area contributed by atoms with Gasteiger partial charge in [-0.15, -0.1) is 17.0 Å². The standard InChI is InChI=1S/C16H23NO2.BrH/c1-10(2)17-9-3-4-12-11-6-8-15(18)16(19)13(11)5-7-14(12)17;/h6,8,10,12,14,18-19H,3-5,7,9H2,1-2H3;1H/t12-,14-;/m1./s1. The molecule has 1 heterocycles. The van der Waals surface area contributed by atoms with Gasteiger partial charge in [-0.3, -0.25) is 4.90 Å². The molecule has 1 fully saturated rings. The van der Waals surface area contributed by atoms with Crippen molar-refractivity contribution in [2.45, 2.75) is 57.5 Å². The molecule has 1 aliphatic carbocycles. The van der Waals surface area contributed by atoms with Gasteiger partial charge >= 0.3 is 0 Å². The number of hydrogen-bond acceptors (Lipinski definition) is 3. The lowest BCUT2D eigenvalue weighted by atomic mass is 9.73. The van der Waals surface area contributed by atoms with Crippen molar-refractivity contribution in [2.24, 2.45) is 0 Å². The van der Waals surface area contributed by atoms with E-state index in [0.717, 1.165) is 18.4 Å². The Morgan fingerprint density at radius 2 is 1.95 bits per heavy atom. The first-order valence-corrected chi connectivity index (χ1v) is 7.39. The smallest absolute Gasteiger partial charge is 0.160 e. The second-order valence-electron chi connectivity index (χ2n) is 6.19. The molecule has 0 bridgehead atoms. The van der Waals surface area contributed by atoms with E-state index in [1.54, 1.807) is 6.07 Å². The van der Waals surface area contributed by atoms with Crippen molar-refractivity contribution in [1.29, 1.82) is 0 Å². The molecular weight excluding hydrogens is 318 g/mol. The second kappa shape index (κ2) is 5.94. The van der Waals surface area contributed by atoms with Crippen LogP contribution >= 0.6 is 17.0 Å². The Morgan fingerprint density at radius 3 is 2.65 bits per heavy atom. The fourth-order valence-electron chi connectivity index (χ4n) is 4.00. The number of rotatable bonds is 1. The molecule has 0 aromatic heterocycles. The number of fused-ring (bicyclic) bond motifs is 3. The van der Waals surface area contributed by atoms with E-state index < -0.39 is 0 Å². The Hall–Kier alpha value is -0.740. The molecule has 1 aromatic carbocycles. The molecule has 0 amide bonds. The minimum Gasteiger partial charge on any atom is -0.504 e. The highest BCUT2D eigenvalue weighted by molar-refractivity contribution is 8.93. The lowest BCUT2D eigenvalue weighted by molar-refractivity contribution is 0.0811. The summed E-state index contributed by atoms with van der Waals surface area (Å²) in [6.07, 6.45) is 4.39. The largest absolute Gasteiger partial charge is 0.504 e. The van der Waals surface area contributed by atoms with Crippen LogP contribution in [0.3, 0.4) is 0 Å². The molecule has 3 nitrogen and oxygen atoms in total. The van der Waals surface area contributed by atoms with Crippen LogP contribution in [0.25, 0.3) is 0 Å². The molecular formula is C16H24BrNO2. The lowest BCUT2D eigenvalue weighted by Crippen LogP contribution is -2.49. The van der Waals surface area contributed by atoms with Crippen LogP contribution in [0.2, 0.25) is 0 Å². The average molecular weight is 342 g/mol. The molecule has 1 aliphatic heterocycles. The molecule has 1 aromatic rings. The Labute approximate surface area is 131 Å². The molecule has 20 heavy (non-hydrogen) atoms. The molecule has 2 aliphatic rings. The van der Waals surface area contributed by atoms with Gasteiger partial charge in [0.1, 0.15) is 0 Å². The second-order valence-corrected chi connectivity index (χ2v) is 6.19. The van der Waals surface area contributed by atoms with Crippen molar-refractivity contribution in [2.75, 3.05) is 6.54 Å². The molecule has 2 atom stereocenters. The zero-order valence-electron chi connectivity index (χ0n) is 12.2. The average Bonchev–Trinajstić information content (AvgIpc) is 2.41. The number of aromatic hydroxyl groups is 2. The van der Waals surface area contributed by atoms with Gasteiger partial charge in [0, 0.05) is 17.6 Å². The van der Waals surface area contributed by atoms with Crippen LogP contribution < -0.4 is 0 Å². The first-order valence-electron chi connectivity index (χ1n) is 7.39. The van der Waals surface area contributed by atoms with Crippen molar-refractivity contribution < 1.29 is 10.2 Å². The van der Waals surface area contributed by atoms with Crippen LogP contribution in [0.15, 0.2) is 12.1 Å². The highest BCUT2D eigenvalue weighted by Crippen LogP contribution is 2.45. The van der Waals surface area contributed by atoms with Gasteiger partial charge in [-0.1, -0.05) is 6.07 Å². The van der Waals surface area contributed by atoms with E-state index in [-0.39, 0.29) is 28.5 Å². The molecule has 1 saturated heterocycles. The summed E-state index contributed by atoms with van der Waals surface area (Å²) in [5, 5.41) is 19.7. The minimum atomic E-state index is 0. The quantitative estimate of drug-likeness (QED) is 0.767. The monoisotopic (exact) mass is 341 g/mol. The van der Waals surface area contributed by atoms with E-state index >= 15 is 0 Å². The van der Waals surface area contributed by atoms with E-state index in [2.05, 4.69) is 18.7 Å². The fourth-order valence-corrected chi connectivity index (χ4v) is 4.00. The molecule has 112 valence electrons. The van der Waals surface area contributed by atoms with Crippen LogP contribution in [0.5, 0.6) is 11.5 Å². The van der Waals surface area contributed by atoms with E-state index in [1.807, 2.05) is 6.07 Å². The fraction of sp³-hybridized carbons (Fsp3) is 0.625. The number of hydrogen-bond donors (Lipinski definition) is 2. The predicted octanol–water partition coefficient (Wildman–Crippen LogP) is 3.58. The number of nitrogens with zero attached hydrogens (tertiary/aromatic N) is 1. The van der Waals surface area contributed by atoms with Crippen LogP contribution in [0, 0.1) is 0 Å². The zero-order chi connectivity index (χ0) is 13.6. The van der Waals surface area contributed by atoms with E-state index in [4.69, 9.17) is 0 Å². The summed E-state index contributed by atoms with van der Waals surface area (Å²) in [4.78, 5) is 2.61. The van der Waals surface area contributed by atoms with Gasteiger partial charge < -0.3 is 10.2 Å². The normalized spacial score (nSPS) is 25.8. The Morgan fingerprint density at radius 1 is 1.20 bits per heavy atom. The van der Waals surface area contributed by atoms with Crippen molar-refractivity contribution in [1.82, 2.24) is 4.90 Å². The van der Waals surface area contributed by atoms with E-state index in [1.165, 1.54) is 24.9 Å². The maximum atomic E-state index is 10.0. The van der Waals surface area contributed by atoms with Crippen molar-refractivity contribution in [3.63, 3.8) is 0 Å². The summed E-state index contributed by atoms with van der Waals surface area (Å²) >= 11 is 0. The molecule has 0 radical (unpaired) electrons. The topological polar surface area (TPSA) is 43.7 Å². The first-order chi connectivity index (χ1) is 9.09. The summed E-state index contributed by atoms with van der Waals surface area (Å²) in [5.41, 5.74) is 2.24. The van der Waals surface area contributed by atoms with Crippen LogP contribution in [-0.4, -0.2) is 33.7 Å². The minimum absolute atomic E-state index is 0. The molecule has 4 heteroatoms. The third-order valence-electron chi connectivity index (χ3n) is 4.87. The van der Waals surface area contributed by atoms with Crippen LogP contribution in [0.1, 0.15) is 50.2 Å². The Balaban J connectivity index is 0.00000147. The van der Waals surface area contributed by atoms with Gasteiger partial charge in [0.2, 0.25) is 0 Å². The number of halogens is 1. The van der Waals surface area contributed by atoms with Crippen LogP contribution in [0.4, 0.5) is 0 Å². The maximum Gasteiger partial charge on any atom is 0.160 e. The third kappa shape index (κ3) is 2.44. The number of likely N-dealkylation sites (tertiary alicyclic amines) is 1. The summed E-state index contributed by atoms with van der Waals surface area (Å²) < 4.78 is 0. The number of phenolic OH excluding ortho intramolecular Hbond substituents is 2. The number of piperidine rings is 1. The zero-order valence-corrected chi connectivity index (χ0v) is 13.9. The van der Waals surface area contributed by atoms with E-state index in [9.17, 15) is 10.2 Å². The van der Waals surface area contributed by atoms with Gasteiger partial charge in [-0.25, -0.2) is 0 Å². The third-order valence-corrected chi connectivity index (χ3v) is 4.87. The molecule has 2 N–H and O–H groups in total. The SMILES string of the molecule is Br.CC(C)N1CCC[C@@H]2c3ccc(O)c(O)c3CC[C@H]21. The lowest BCUT2D eigenvalue weighted by Gasteiger charge is -2.47. The van der Waals surface area contributed by atoms with Gasteiger partial charge in [-0.05, 0) is 63.6 Å². The molecule has 0 spiro atoms. The van der Waals surface area contributed by atoms with Crippen molar-refractivity contribution in [3.05, 3.63) is 23.3 Å². The van der Waals surface area contributed by atoms with Crippen molar-refractivity contribution in [3.8, 4) is 11.5 Å². The van der Waals surface area contributed by atoms with Gasteiger partial charge in [0.15, 0.2) is 11.5 Å². The van der Waals surface area contributed by atoms with Crippen LogP contribution in [-0.2, 0) is 6.42 Å². The van der Waals surface area contributed by atoms with Gasteiger partial charge in [0.25, 0.3) is 0 Å².